The van der Waals surface area contributed by atoms with Gasteiger partial charge in [-0.15, -0.1) is 0 Å². The van der Waals surface area contributed by atoms with Gasteiger partial charge in [0, 0.05) is 12.0 Å². The van der Waals surface area contributed by atoms with Gasteiger partial charge in [0.15, 0.2) is 5.78 Å². The maximum absolute atomic E-state index is 12.9. The van der Waals surface area contributed by atoms with E-state index in [2.05, 4.69) is 5.32 Å². The standard InChI is InChI=1S/C15H23NO2/c17-14(13-9-18-2-1-16-13)15-6-10-3-11(7-15)5-12(4-10)8-15/h10-13,16H,1-9H2. The number of Topliss-reactive ketones (excluding diaryl/α,β-unsaturated/α-hetero) is 1. The molecular weight excluding hydrogens is 226 g/mol. The minimum absolute atomic E-state index is 0.0185. The molecule has 0 aromatic heterocycles. The summed E-state index contributed by atoms with van der Waals surface area (Å²) in [5.74, 6) is 3.04. The summed E-state index contributed by atoms with van der Waals surface area (Å²) in [5.41, 5.74) is 0.0348. The van der Waals surface area contributed by atoms with E-state index < -0.39 is 0 Å². The smallest absolute Gasteiger partial charge is 0.158 e. The third-order valence-corrected chi connectivity index (χ3v) is 5.80. The SMILES string of the molecule is O=C(C1COCCN1)C12CC3CC(CC(C3)C1)C2. The van der Waals surface area contributed by atoms with Crippen molar-refractivity contribution in [3.8, 4) is 0 Å². The first kappa shape index (κ1) is 11.4. The number of carbonyl (C=O) groups excluding carboxylic acids is 1. The summed E-state index contributed by atoms with van der Waals surface area (Å²) < 4.78 is 5.48. The van der Waals surface area contributed by atoms with Crippen molar-refractivity contribution in [3.63, 3.8) is 0 Å². The molecule has 0 amide bonds. The summed E-state index contributed by atoms with van der Waals surface area (Å²) in [5, 5.41) is 3.37. The summed E-state index contributed by atoms with van der Waals surface area (Å²) in [4.78, 5) is 12.9. The molecule has 100 valence electrons. The van der Waals surface area contributed by atoms with E-state index >= 15 is 0 Å². The van der Waals surface area contributed by atoms with Crippen LogP contribution in [-0.2, 0) is 9.53 Å². The van der Waals surface area contributed by atoms with E-state index in [0.29, 0.717) is 12.4 Å². The molecular formula is C15H23NO2. The third kappa shape index (κ3) is 1.67. The number of ketones is 1. The summed E-state index contributed by atoms with van der Waals surface area (Å²) in [6.45, 7) is 2.19. The van der Waals surface area contributed by atoms with E-state index in [1.54, 1.807) is 0 Å². The van der Waals surface area contributed by atoms with Crippen LogP contribution < -0.4 is 5.32 Å². The lowest BCUT2D eigenvalue weighted by Crippen LogP contribution is -2.57. The van der Waals surface area contributed by atoms with Crippen LogP contribution in [0.4, 0.5) is 0 Å². The van der Waals surface area contributed by atoms with Crippen LogP contribution in [0.3, 0.4) is 0 Å². The predicted molar refractivity (Wildman–Crippen MR) is 68.2 cm³/mol. The van der Waals surface area contributed by atoms with Crippen molar-refractivity contribution in [1.82, 2.24) is 5.32 Å². The molecule has 0 radical (unpaired) electrons. The van der Waals surface area contributed by atoms with Crippen molar-refractivity contribution in [2.75, 3.05) is 19.8 Å². The van der Waals surface area contributed by atoms with Gasteiger partial charge in [0.05, 0.1) is 19.3 Å². The molecule has 3 nitrogen and oxygen atoms in total. The zero-order chi connectivity index (χ0) is 12.2. The number of morpholine rings is 1. The number of carbonyl (C=O) groups is 1. The highest BCUT2D eigenvalue weighted by Gasteiger charge is 2.55. The minimum atomic E-state index is -0.0185. The maximum atomic E-state index is 12.9. The van der Waals surface area contributed by atoms with Crippen LogP contribution in [0.15, 0.2) is 0 Å². The van der Waals surface area contributed by atoms with Crippen LogP contribution in [0.2, 0.25) is 0 Å². The Morgan fingerprint density at radius 3 is 2.17 bits per heavy atom. The van der Waals surface area contributed by atoms with Crippen LogP contribution in [-0.4, -0.2) is 31.6 Å². The zero-order valence-corrected chi connectivity index (χ0v) is 11.0. The molecule has 4 aliphatic carbocycles. The van der Waals surface area contributed by atoms with Gasteiger partial charge in [-0.3, -0.25) is 4.79 Å². The van der Waals surface area contributed by atoms with Gasteiger partial charge < -0.3 is 10.1 Å². The van der Waals surface area contributed by atoms with E-state index in [0.717, 1.165) is 30.9 Å². The van der Waals surface area contributed by atoms with Gasteiger partial charge in [-0.05, 0) is 56.3 Å². The lowest BCUT2D eigenvalue weighted by Gasteiger charge is -2.56. The molecule has 1 atom stereocenters. The van der Waals surface area contributed by atoms with Crippen molar-refractivity contribution in [1.29, 1.82) is 0 Å². The monoisotopic (exact) mass is 249 g/mol. The Hall–Kier alpha value is -0.410. The highest BCUT2D eigenvalue weighted by molar-refractivity contribution is 5.90. The number of hydrogen-bond acceptors (Lipinski definition) is 3. The fourth-order valence-corrected chi connectivity index (χ4v) is 5.52. The largest absolute Gasteiger partial charge is 0.378 e. The van der Waals surface area contributed by atoms with Crippen LogP contribution in [0, 0.1) is 23.2 Å². The van der Waals surface area contributed by atoms with Crippen molar-refractivity contribution in [2.24, 2.45) is 23.2 Å². The van der Waals surface area contributed by atoms with Crippen molar-refractivity contribution >= 4 is 5.78 Å². The van der Waals surface area contributed by atoms with E-state index in [9.17, 15) is 4.79 Å². The minimum Gasteiger partial charge on any atom is -0.378 e. The molecule has 3 heteroatoms. The average molecular weight is 249 g/mol. The first-order valence-corrected chi connectivity index (χ1v) is 7.61. The van der Waals surface area contributed by atoms with Gasteiger partial charge >= 0.3 is 0 Å². The maximum Gasteiger partial charge on any atom is 0.158 e. The van der Waals surface area contributed by atoms with Gasteiger partial charge in [0.25, 0.3) is 0 Å². The number of nitrogens with one attached hydrogen (secondary N) is 1. The zero-order valence-electron chi connectivity index (χ0n) is 11.0. The third-order valence-electron chi connectivity index (χ3n) is 5.80. The molecule has 4 bridgehead atoms. The topological polar surface area (TPSA) is 38.3 Å². The quantitative estimate of drug-likeness (QED) is 0.810. The molecule has 0 aromatic carbocycles. The molecule has 1 aliphatic heterocycles. The van der Waals surface area contributed by atoms with Gasteiger partial charge in [0.1, 0.15) is 0 Å². The van der Waals surface area contributed by atoms with Crippen LogP contribution in [0.5, 0.6) is 0 Å². The highest BCUT2D eigenvalue weighted by Crippen LogP contribution is 2.60. The molecule has 1 heterocycles. The van der Waals surface area contributed by atoms with E-state index in [1.807, 2.05) is 0 Å². The fourth-order valence-electron chi connectivity index (χ4n) is 5.52. The molecule has 18 heavy (non-hydrogen) atoms. The van der Waals surface area contributed by atoms with Gasteiger partial charge in [-0.25, -0.2) is 0 Å². The Morgan fingerprint density at radius 1 is 1.06 bits per heavy atom. The normalized spacial score (nSPS) is 50.4. The van der Waals surface area contributed by atoms with Crippen molar-refractivity contribution < 1.29 is 9.53 Å². The summed E-state index contributed by atoms with van der Waals surface area (Å²) in [6.07, 6.45) is 7.74. The number of hydrogen-bond donors (Lipinski definition) is 1. The summed E-state index contributed by atoms with van der Waals surface area (Å²) in [6, 6.07) is -0.0185. The second kappa shape index (κ2) is 4.04. The molecule has 5 aliphatic rings. The van der Waals surface area contributed by atoms with Gasteiger partial charge in [-0.2, -0.15) is 0 Å². The predicted octanol–water partition coefficient (Wildman–Crippen LogP) is 1.76. The summed E-state index contributed by atoms with van der Waals surface area (Å²) >= 11 is 0. The molecule has 1 N–H and O–H groups in total. The molecule has 4 saturated carbocycles. The highest BCUT2D eigenvalue weighted by atomic mass is 16.5. The van der Waals surface area contributed by atoms with Crippen LogP contribution in [0.1, 0.15) is 38.5 Å². The van der Waals surface area contributed by atoms with Crippen molar-refractivity contribution in [3.05, 3.63) is 0 Å². The average Bonchev–Trinajstić information content (AvgIpc) is 2.37. The van der Waals surface area contributed by atoms with Crippen LogP contribution >= 0.6 is 0 Å². The Labute approximate surface area is 109 Å². The number of rotatable bonds is 2. The first-order chi connectivity index (χ1) is 8.75. The second-order valence-electron chi connectivity index (χ2n) is 7.14. The Bertz CT molecular complexity index is 324. The molecule has 1 unspecified atom stereocenters. The second-order valence-corrected chi connectivity index (χ2v) is 7.14. The Balaban J connectivity index is 1.57. The van der Waals surface area contributed by atoms with Gasteiger partial charge in [-0.1, -0.05) is 0 Å². The molecule has 5 fully saturated rings. The van der Waals surface area contributed by atoms with E-state index in [4.69, 9.17) is 4.74 Å². The molecule has 1 saturated heterocycles. The van der Waals surface area contributed by atoms with Crippen LogP contribution in [0.25, 0.3) is 0 Å². The van der Waals surface area contributed by atoms with E-state index in [1.165, 1.54) is 38.5 Å². The Morgan fingerprint density at radius 2 is 1.67 bits per heavy atom. The first-order valence-electron chi connectivity index (χ1n) is 7.61. The summed E-state index contributed by atoms with van der Waals surface area (Å²) in [7, 11) is 0. The van der Waals surface area contributed by atoms with E-state index in [-0.39, 0.29) is 11.5 Å². The Kier molecular flexibility index (Phi) is 2.56. The lowest BCUT2D eigenvalue weighted by atomic mass is 9.48. The molecule has 0 spiro atoms. The molecule has 5 rings (SSSR count). The fraction of sp³-hybridized carbons (Fsp3) is 0.933. The number of ether oxygens (including phenoxy) is 1. The van der Waals surface area contributed by atoms with Crippen molar-refractivity contribution in [2.45, 2.75) is 44.6 Å². The lowest BCUT2D eigenvalue weighted by molar-refractivity contribution is -0.148. The molecule has 0 aromatic rings. The van der Waals surface area contributed by atoms with Gasteiger partial charge in [0.2, 0.25) is 0 Å².